The number of H-pyrrole nitrogens is 2. The first-order valence-corrected chi connectivity index (χ1v) is 7.95. The van der Waals surface area contributed by atoms with Crippen molar-refractivity contribution in [3.8, 4) is 0 Å². The third-order valence-electron chi connectivity index (χ3n) is 4.38. The molecule has 0 fully saturated rings. The average molecular weight is 380 g/mol. The van der Waals surface area contributed by atoms with Crippen molar-refractivity contribution in [1.29, 1.82) is 0 Å². The van der Waals surface area contributed by atoms with Gasteiger partial charge < -0.3 is 0 Å². The summed E-state index contributed by atoms with van der Waals surface area (Å²) in [4.78, 5) is 28.2. The predicted molar refractivity (Wildman–Crippen MR) is 88.1 cm³/mol. The molecule has 0 amide bonds. The maximum atomic E-state index is 13.4. The number of nitrogens with one attached hydrogen (secondary N) is 2. The van der Waals surface area contributed by atoms with Crippen LogP contribution in [0.4, 0.5) is 17.6 Å². The fourth-order valence-electron chi connectivity index (χ4n) is 3.07. The van der Waals surface area contributed by atoms with E-state index in [1.165, 1.54) is 16.8 Å². The fourth-order valence-corrected chi connectivity index (χ4v) is 3.07. The summed E-state index contributed by atoms with van der Waals surface area (Å²) >= 11 is 0. The van der Waals surface area contributed by atoms with Crippen LogP contribution in [0, 0.1) is 0 Å². The lowest BCUT2D eigenvalue weighted by Crippen LogP contribution is -2.23. The Bertz CT molecular complexity index is 1170. The zero-order chi connectivity index (χ0) is 19.3. The van der Waals surface area contributed by atoms with Gasteiger partial charge in [-0.2, -0.15) is 18.3 Å². The lowest BCUT2D eigenvalue weighted by molar-refractivity contribution is -0.137. The number of benzene rings is 1. The molecule has 4 rings (SSSR count). The molecule has 0 saturated carbocycles. The molecule has 0 aliphatic heterocycles. The first kappa shape index (κ1) is 17.3. The van der Waals surface area contributed by atoms with Gasteiger partial charge in [-0.1, -0.05) is 18.2 Å². The van der Waals surface area contributed by atoms with Crippen molar-refractivity contribution in [3.05, 3.63) is 73.6 Å². The minimum Gasteiger partial charge on any atom is -0.291 e. The minimum atomic E-state index is -4.47. The predicted octanol–water partition coefficient (Wildman–Crippen LogP) is 2.82. The SMILES string of the molecule is O=c1[nH]c(=O)c2c(CF)nn(C(C3=CC3)c3ccc(C(F)(F)F)cc3)c2[nH]1. The van der Waals surface area contributed by atoms with Crippen LogP contribution in [0.3, 0.4) is 0 Å². The van der Waals surface area contributed by atoms with E-state index >= 15 is 0 Å². The van der Waals surface area contributed by atoms with E-state index in [2.05, 4.69) is 10.1 Å². The molecule has 1 aromatic carbocycles. The number of allylic oxidation sites excluding steroid dienone is 2. The summed E-state index contributed by atoms with van der Waals surface area (Å²) in [6.45, 7) is -1.03. The van der Waals surface area contributed by atoms with E-state index in [4.69, 9.17) is 0 Å². The minimum absolute atomic E-state index is 0.0223. The molecule has 6 nitrogen and oxygen atoms in total. The third kappa shape index (κ3) is 2.96. The topological polar surface area (TPSA) is 83.5 Å². The second-order valence-electron chi connectivity index (χ2n) is 6.16. The van der Waals surface area contributed by atoms with Crippen LogP contribution in [0.15, 0.2) is 45.5 Å². The molecule has 2 heterocycles. The molecule has 10 heteroatoms. The van der Waals surface area contributed by atoms with Crippen molar-refractivity contribution in [2.45, 2.75) is 25.3 Å². The molecule has 2 N–H and O–H groups in total. The molecular weight excluding hydrogens is 368 g/mol. The van der Waals surface area contributed by atoms with Gasteiger partial charge >= 0.3 is 11.9 Å². The Morgan fingerprint density at radius 3 is 2.37 bits per heavy atom. The number of hydrogen-bond acceptors (Lipinski definition) is 3. The van der Waals surface area contributed by atoms with E-state index in [0.29, 0.717) is 12.0 Å². The summed E-state index contributed by atoms with van der Waals surface area (Å²) in [6.07, 6.45) is -2.02. The third-order valence-corrected chi connectivity index (χ3v) is 4.38. The van der Waals surface area contributed by atoms with Crippen molar-refractivity contribution < 1.29 is 17.6 Å². The van der Waals surface area contributed by atoms with Crippen LogP contribution in [-0.2, 0) is 12.9 Å². The first-order chi connectivity index (χ1) is 12.8. The summed E-state index contributed by atoms with van der Waals surface area (Å²) in [5.41, 5.74) is -1.17. The maximum absolute atomic E-state index is 13.4. The van der Waals surface area contributed by atoms with Gasteiger partial charge in [-0.3, -0.25) is 14.8 Å². The van der Waals surface area contributed by atoms with Crippen LogP contribution in [0.2, 0.25) is 0 Å². The molecule has 1 atom stereocenters. The van der Waals surface area contributed by atoms with Crippen molar-refractivity contribution in [1.82, 2.24) is 19.7 Å². The van der Waals surface area contributed by atoms with Crippen molar-refractivity contribution >= 4 is 11.0 Å². The Hall–Kier alpha value is -3.17. The Balaban J connectivity index is 1.91. The zero-order valence-electron chi connectivity index (χ0n) is 13.6. The quantitative estimate of drug-likeness (QED) is 0.539. The van der Waals surface area contributed by atoms with Gasteiger partial charge in [-0.25, -0.2) is 13.9 Å². The van der Waals surface area contributed by atoms with Gasteiger partial charge in [0.1, 0.15) is 29.4 Å². The van der Waals surface area contributed by atoms with Gasteiger partial charge in [0.25, 0.3) is 5.56 Å². The molecule has 1 unspecified atom stereocenters. The maximum Gasteiger partial charge on any atom is 0.416 e. The number of halogens is 4. The van der Waals surface area contributed by atoms with Gasteiger partial charge in [-0.15, -0.1) is 0 Å². The van der Waals surface area contributed by atoms with E-state index < -0.39 is 35.7 Å². The first-order valence-electron chi connectivity index (χ1n) is 7.95. The van der Waals surface area contributed by atoms with Gasteiger partial charge in [0, 0.05) is 0 Å². The molecule has 0 bridgehead atoms. The second kappa shape index (κ2) is 5.93. The number of hydrogen-bond donors (Lipinski definition) is 2. The number of aromatic nitrogens is 4. The van der Waals surface area contributed by atoms with E-state index in [-0.39, 0.29) is 16.7 Å². The fraction of sp³-hybridized carbons (Fsp3) is 0.235. The van der Waals surface area contributed by atoms with E-state index in [1.807, 2.05) is 11.1 Å². The Labute approximate surface area is 148 Å². The standard InChI is InChI=1S/C17H12F4N4O2/c18-7-11-12-14(22-16(27)23-15(12)26)25(24-11)13(8-1-2-8)9-3-5-10(6-4-9)17(19,20)21/h1,3-6,13H,2,7H2,(H2,22,23,26,27). The Morgan fingerprint density at radius 2 is 1.81 bits per heavy atom. The highest BCUT2D eigenvalue weighted by molar-refractivity contribution is 5.77. The second-order valence-corrected chi connectivity index (χ2v) is 6.16. The van der Waals surface area contributed by atoms with Gasteiger partial charge in [0.05, 0.1) is 5.56 Å². The van der Waals surface area contributed by atoms with Crippen LogP contribution in [0.1, 0.15) is 29.3 Å². The monoisotopic (exact) mass is 380 g/mol. The van der Waals surface area contributed by atoms with Crippen molar-refractivity contribution in [2.24, 2.45) is 0 Å². The largest absolute Gasteiger partial charge is 0.416 e. The van der Waals surface area contributed by atoms with Crippen LogP contribution in [-0.4, -0.2) is 19.7 Å². The number of aromatic amines is 2. The molecular formula is C17H12F4N4O2. The van der Waals surface area contributed by atoms with E-state index in [1.54, 1.807) is 0 Å². The van der Waals surface area contributed by atoms with Crippen LogP contribution in [0.5, 0.6) is 0 Å². The molecule has 3 aromatic rings. The highest BCUT2D eigenvalue weighted by atomic mass is 19.4. The molecule has 0 spiro atoms. The molecule has 1 aliphatic carbocycles. The van der Waals surface area contributed by atoms with Gasteiger partial charge in [0.2, 0.25) is 0 Å². The highest BCUT2D eigenvalue weighted by Crippen LogP contribution is 2.39. The smallest absolute Gasteiger partial charge is 0.291 e. The lowest BCUT2D eigenvalue weighted by atomic mass is 10.0. The van der Waals surface area contributed by atoms with Gasteiger partial charge in [-0.05, 0) is 29.7 Å². The van der Waals surface area contributed by atoms with Gasteiger partial charge in [0.15, 0.2) is 0 Å². The molecule has 27 heavy (non-hydrogen) atoms. The van der Waals surface area contributed by atoms with Crippen LogP contribution >= 0.6 is 0 Å². The van der Waals surface area contributed by atoms with Crippen LogP contribution < -0.4 is 11.2 Å². The molecule has 2 aromatic heterocycles. The Kier molecular flexibility index (Phi) is 3.79. The zero-order valence-corrected chi connectivity index (χ0v) is 13.6. The van der Waals surface area contributed by atoms with E-state index in [0.717, 1.165) is 17.7 Å². The molecule has 140 valence electrons. The summed E-state index contributed by atoms with van der Waals surface area (Å²) < 4.78 is 53.1. The van der Waals surface area contributed by atoms with Crippen molar-refractivity contribution in [3.63, 3.8) is 0 Å². The Morgan fingerprint density at radius 1 is 1.15 bits per heavy atom. The van der Waals surface area contributed by atoms with Crippen LogP contribution in [0.25, 0.3) is 11.0 Å². The number of alkyl halides is 4. The number of rotatable bonds is 4. The highest BCUT2D eigenvalue weighted by Gasteiger charge is 2.32. The number of nitrogens with zero attached hydrogens (tertiary/aromatic N) is 2. The average Bonchev–Trinajstić information content (AvgIpc) is 3.36. The summed E-state index contributed by atoms with van der Waals surface area (Å²) in [5.74, 6) is 0. The number of fused-ring (bicyclic) bond motifs is 1. The summed E-state index contributed by atoms with van der Waals surface area (Å²) in [6, 6.07) is 3.86. The molecule has 0 saturated heterocycles. The normalized spacial score (nSPS) is 15.0. The van der Waals surface area contributed by atoms with E-state index in [9.17, 15) is 27.2 Å². The molecule has 1 aliphatic rings. The lowest BCUT2D eigenvalue weighted by Gasteiger charge is -2.17. The van der Waals surface area contributed by atoms with Crippen molar-refractivity contribution in [2.75, 3.05) is 0 Å². The summed E-state index contributed by atoms with van der Waals surface area (Å²) in [5, 5.41) is 4.02. The molecule has 0 radical (unpaired) electrons. The summed E-state index contributed by atoms with van der Waals surface area (Å²) in [7, 11) is 0.